The number of fused-ring (bicyclic) bond motifs is 1. The average Bonchev–Trinajstić information content (AvgIpc) is 3.45. The molecule has 204 valence electrons. The summed E-state index contributed by atoms with van der Waals surface area (Å²) < 4.78 is 1.54. The second kappa shape index (κ2) is 11.1. The number of nitrogens with one attached hydrogen (secondary N) is 1. The highest BCUT2D eigenvalue weighted by Crippen LogP contribution is 2.31. The van der Waals surface area contributed by atoms with Crippen LogP contribution in [0.15, 0.2) is 67.3 Å². The standard InChI is InChI=1S/C28H25N11O2/c29-26-22(17-21(35-36-26)19-5-1-2-6-23(19)40)37-13-15-38(16-14-37)25-8-11-30-24(34-25)7-3-9-32-28(41)20-18-33-39-12-4-10-31-27(20)39/h1-2,4-6,8,10-12,17-18,40H,9,13-16H2,(H2,29,36)(H,32,41). The lowest BCUT2D eigenvalue weighted by Crippen LogP contribution is -2.47. The molecule has 0 radical (unpaired) electrons. The highest BCUT2D eigenvalue weighted by atomic mass is 16.3. The van der Waals surface area contributed by atoms with Crippen LogP contribution in [0.3, 0.4) is 0 Å². The monoisotopic (exact) mass is 547 g/mol. The SMILES string of the molecule is Nc1nnc(-c2ccccc2O)cc1N1CCN(c2ccnc(C#CCNC(=O)c3cnn4cccnc34)n2)CC1. The van der Waals surface area contributed by atoms with Crippen LogP contribution in [0.4, 0.5) is 17.3 Å². The molecule has 1 fully saturated rings. The van der Waals surface area contributed by atoms with Crippen molar-refractivity contribution in [3.05, 3.63) is 78.6 Å². The third kappa shape index (κ3) is 5.39. The van der Waals surface area contributed by atoms with Crippen molar-refractivity contribution in [2.75, 3.05) is 48.3 Å². The molecule has 1 amide bonds. The van der Waals surface area contributed by atoms with Crippen LogP contribution in [0.2, 0.25) is 0 Å². The molecule has 0 atom stereocenters. The Morgan fingerprint density at radius 3 is 2.71 bits per heavy atom. The van der Waals surface area contributed by atoms with Gasteiger partial charge in [-0.25, -0.2) is 19.5 Å². The number of benzene rings is 1. The first-order valence-electron chi connectivity index (χ1n) is 12.9. The van der Waals surface area contributed by atoms with E-state index in [2.05, 4.69) is 57.2 Å². The number of nitrogens with two attached hydrogens (primary N) is 1. The highest BCUT2D eigenvalue weighted by Gasteiger charge is 2.22. The lowest BCUT2D eigenvalue weighted by atomic mass is 10.1. The quantitative estimate of drug-likeness (QED) is 0.272. The summed E-state index contributed by atoms with van der Waals surface area (Å²) in [5.74, 6) is 7.12. The molecule has 1 aromatic carbocycles. The smallest absolute Gasteiger partial charge is 0.257 e. The molecule has 0 saturated carbocycles. The number of carbonyl (C=O) groups excluding carboxylic acids is 1. The second-order valence-electron chi connectivity index (χ2n) is 9.16. The molecule has 6 rings (SSSR count). The van der Waals surface area contributed by atoms with Crippen molar-refractivity contribution in [1.82, 2.24) is 40.1 Å². The Hall–Kier alpha value is -5.77. The van der Waals surface area contributed by atoms with E-state index in [4.69, 9.17) is 5.73 Å². The molecule has 0 bridgehead atoms. The number of phenolic OH excluding ortho intramolecular Hbond substituents is 1. The fraction of sp³-hybridized carbons (Fsp3) is 0.179. The number of para-hydroxylation sites is 1. The Kier molecular flexibility index (Phi) is 6.93. The van der Waals surface area contributed by atoms with Gasteiger partial charge in [0, 0.05) is 50.3 Å². The average molecular weight is 548 g/mol. The Balaban J connectivity index is 1.07. The van der Waals surface area contributed by atoms with Crippen molar-refractivity contribution in [3.8, 4) is 28.8 Å². The van der Waals surface area contributed by atoms with Gasteiger partial charge in [-0.05, 0) is 36.3 Å². The third-order valence-corrected chi connectivity index (χ3v) is 6.63. The van der Waals surface area contributed by atoms with Crippen LogP contribution in [0, 0.1) is 11.8 Å². The molecule has 41 heavy (non-hydrogen) atoms. The largest absolute Gasteiger partial charge is 0.507 e. The van der Waals surface area contributed by atoms with Gasteiger partial charge >= 0.3 is 0 Å². The van der Waals surface area contributed by atoms with E-state index in [-0.39, 0.29) is 18.2 Å². The van der Waals surface area contributed by atoms with E-state index in [1.165, 1.54) is 10.7 Å². The van der Waals surface area contributed by atoms with Crippen molar-refractivity contribution in [3.63, 3.8) is 0 Å². The fourth-order valence-electron chi connectivity index (χ4n) is 4.56. The number of nitrogen functional groups attached to an aromatic ring is 1. The van der Waals surface area contributed by atoms with Gasteiger partial charge in [0.25, 0.3) is 5.91 Å². The van der Waals surface area contributed by atoms with Crippen LogP contribution in [0.5, 0.6) is 5.75 Å². The number of hydrogen-bond donors (Lipinski definition) is 3. The Labute approximate surface area is 234 Å². The first-order chi connectivity index (χ1) is 20.1. The number of nitrogens with zero attached hydrogens (tertiary/aromatic N) is 9. The summed E-state index contributed by atoms with van der Waals surface area (Å²) in [5.41, 5.74) is 8.95. The van der Waals surface area contributed by atoms with Gasteiger partial charge in [0.15, 0.2) is 11.5 Å². The molecule has 5 heterocycles. The molecule has 0 unspecified atom stereocenters. The summed E-state index contributed by atoms with van der Waals surface area (Å²) >= 11 is 0. The van der Waals surface area contributed by atoms with E-state index in [0.717, 1.165) is 11.5 Å². The molecular weight excluding hydrogens is 522 g/mol. The van der Waals surface area contributed by atoms with Crippen molar-refractivity contribution in [2.24, 2.45) is 0 Å². The number of anilines is 3. The van der Waals surface area contributed by atoms with Crippen molar-refractivity contribution in [1.29, 1.82) is 0 Å². The molecule has 4 N–H and O–H groups in total. The van der Waals surface area contributed by atoms with Gasteiger partial charge in [0.2, 0.25) is 5.82 Å². The topological polar surface area (TPSA) is 164 Å². The molecule has 4 aromatic heterocycles. The molecule has 0 spiro atoms. The fourth-order valence-corrected chi connectivity index (χ4v) is 4.56. The van der Waals surface area contributed by atoms with E-state index in [1.54, 1.807) is 42.9 Å². The van der Waals surface area contributed by atoms with Crippen LogP contribution in [-0.4, -0.2) is 78.5 Å². The zero-order valence-corrected chi connectivity index (χ0v) is 21.8. The minimum Gasteiger partial charge on any atom is -0.507 e. The Morgan fingerprint density at radius 2 is 1.85 bits per heavy atom. The van der Waals surface area contributed by atoms with Gasteiger partial charge < -0.3 is 26.0 Å². The maximum Gasteiger partial charge on any atom is 0.257 e. The van der Waals surface area contributed by atoms with Gasteiger partial charge in [-0.15, -0.1) is 10.2 Å². The van der Waals surface area contributed by atoms with Gasteiger partial charge in [0.1, 0.15) is 17.1 Å². The normalized spacial score (nSPS) is 13.1. The lowest BCUT2D eigenvalue weighted by Gasteiger charge is -2.36. The maximum absolute atomic E-state index is 12.5. The first-order valence-corrected chi connectivity index (χ1v) is 12.9. The minimum absolute atomic E-state index is 0.124. The van der Waals surface area contributed by atoms with Gasteiger partial charge in [-0.1, -0.05) is 18.1 Å². The summed E-state index contributed by atoms with van der Waals surface area (Å²) in [6.07, 6.45) is 6.48. The van der Waals surface area contributed by atoms with E-state index >= 15 is 0 Å². The first kappa shape index (κ1) is 25.5. The van der Waals surface area contributed by atoms with Gasteiger partial charge in [-0.2, -0.15) is 5.10 Å². The van der Waals surface area contributed by atoms with Gasteiger partial charge in [-0.3, -0.25) is 4.79 Å². The number of aromatic nitrogens is 7. The Bertz CT molecular complexity index is 1780. The summed E-state index contributed by atoms with van der Waals surface area (Å²) in [6, 6.07) is 12.4. The predicted octanol–water partition coefficient (Wildman–Crippen LogP) is 1.37. The molecule has 1 aliphatic rings. The number of aromatic hydroxyl groups is 1. The van der Waals surface area contributed by atoms with Crippen LogP contribution in [0.1, 0.15) is 16.2 Å². The van der Waals surface area contributed by atoms with Crippen molar-refractivity contribution >= 4 is 28.9 Å². The number of rotatable bonds is 5. The van der Waals surface area contributed by atoms with Crippen LogP contribution < -0.4 is 20.9 Å². The third-order valence-electron chi connectivity index (χ3n) is 6.63. The number of carbonyl (C=O) groups is 1. The van der Waals surface area contributed by atoms with Crippen molar-refractivity contribution < 1.29 is 9.90 Å². The highest BCUT2D eigenvalue weighted by molar-refractivity contribution is 5.99. The Morgan fingerprint density at radius 1 is 1.02 bits per heavy atom. The summed E-state index contributed by atoms with van der Waals surface area (Å²) in [7, 11) is 0. The van der Waals surface area contributed by atoms with Crippen molar-refractivity contribution in [2.45, 2.75) is 0 Å². The lowest BCUT2D eigenvalue weighted by molar-refractivity contribution is 0.0960. The molecular formula is C28H25N11O2. The summed E-state index contributed by atoms with van der Waals surface area (Å²) in [6.45, 7) is 2.89. The molecule has 1 aliphatic heterocycles. The molecule has 13 nitrogen and oxygen atoms in total. The summed E-state index contributed by atoms with van der Waals surface area (Å²) in [5, 5.41) is 25.4. The summed E-state index contributed by atoms with van der Waals surface area (Å²) in [4.78, 5) is 29.8. The number of hydrogen-bond acceptors (Lipinski definition) is 11. The van der Waals surface area contributed by atoms with Crippen LogP contribution >= 0.6 is 0 Å². The number of amides is 1. The second-order valence-corrected chi connectivity index (χ2v) is 9.16. The zero-order valence-electron chi connectivity index (χ0n) is 21.8. The van der Waals surface area contributed by atoms with Crippen LogP contribution in [0.25, 0.3) is 16.9 Å². The number of piperazine rings is 1. The van der Waals surface area contributed by atoms with Gasteiger partial charge in [0.05, 0.1) is 24.1 Å². The molecule has 5 aromatic rings. The molecule has 0 aliphatic carbocycles. The minimum atomic E-state index is -0.307. The zero-order chi connectivity index (χ0) is 28.2. The van der Waals surface area contributed by atoms with E-state index < -0.39 is 0 Å². The van der Waals surface area contributed by atoms with E-state index in [1.807, 2.05) is 18.2 Å². The van der Waals surface area contributed by atoms with E-state index in [9.17, 15) is 9.90 Å². The maximum atomic E-state index is 12.5. The molecule has 13 heteroatoms. The van der Waals surface area contributed by atoms with Crippen LogP contribution in [-0.2, 0) is 0 Å². The predicted molar refractivity (Wildman–Crippen MR) is 152 cm³/mol. The molecule has 1 saturated heterocycles. The number of phenols is 1. The van der Waals surface area contributed by atoms with E-state index in [0.29, 0.717) is 60.3 Å².